The monoisotopic (exact) mass is 634 g/mol. The number of fused-ring (bicyclic) bond motifs is 2. The van der Waals surface area contributed by atoms with Crippen LogP contribution in [0.15, 0.2) is 91.6 Å². The van der Waals surface area contributed by atoms with Gasteiger partial charge in [0.2, 0.25) is 11.8 Å². The molecule has 11 nitrogen and oxygen atoms in total. The molecule has 2 aliphatic rings. The number of aryl methyl sites for hydroxylation is 1. The van der Waals surface area contributed by atoms with E-state index in [0.29, 0.717) is 5.56 Å². The number of carbonyl (C=O) groups is 4. The number of aromatic hydroxyl groups is 1. The lowest BCUT2D eigenvalue weighted by molar-refractivity contribution is -0.189. The molecule has 0 radical (unpaired) electrons. The number of rotatable bonds is 9. The van der Waals surface area contributed by atoms with Gasteiger partial charge in [-0.25, -0.2) is 14.8 Å². The molecule has 47 heavy (non-hydrogen) atoms. The number of phenols is 1. The van der Waals surface area contributed by atoms with Crippen molar-refractivity contribution in [2.75, 3.05) is 19.6 Å². The maximum Gasteiger partial charge on any atom is 0.334 e. The molecule has 2 atom stereocenters. The Hall–Kier alpha value is -5.42. The van der Waals surface area contributed by atoms with Gasteiger partial charge in [-0.1, -0.05) is 66.7 Å². The standard InChI is InChI=1S/C36H38N6O5/c1-4-17-40-23-33(45)41-31(18-25-13-15-28(44)16-14-25)35(46)39(20-27-11-8-12-29-30(24(2)43)21-38(3)34(27)29)22-32(41)42(40)36(47)37-19-26-9-6-5-7-10-26/h4-16,21,31-32,44H,1,17-20,22-23H2,2-3H3,(H,37,47). The van der Waals surface area contributed by atoms with Crippen LogP contribution in [0.25, 0.3) is 10.9 Å². The lowest BCUT2D eigenvalue weighted by Crippen LogP contribution is -2.76. The van der Waals surface area contributed by atoms with Gasteiger partial charge in [-0.2, -0.15) is 0 Å². The molecule has 2 N–H and O–H groups in total. The number of piperazine rings is 1. The Morgan fingerprint density at radius 1 is 1.00 bits per heavy atom. The molecule has 3 heterocycles. The summed E-state index contributed by atoms with van der Waals surface area (Å²) in [6, 6.07) is 20.5. The van der Waals surface area contributed by atoms with Gasteiger partial charge < -0.3 is 24.8 Å². The van der Waals surface area contributed by atoms with Gasteiger partial charge in [0.15, 0.2) is 5.78 Å². The molecule has 11 heteroatoms. The summed E-state index contributed by atoms with van der Waals surface area (Å²) in [5.41, 5.74) is 3.97. The molecular formula is C36H38N6O5. The highest BCUT2D eigenvalue weighted by Crippen LogP contribution is 2.31. The number of phenolic OH excluding ortho intramolecular Hbond substituents is 1. The van der Waals surface area contributed by atoms with Crippen molar-refractivity contribution < 1.29 is 24.3 Å². The highest BCUT2D eigenvalue weighted by molar-refractivity contribution is 6.07. The summed E-state index contributed by atoms with van der Waals surface area (Å²) in [6.45, 7) is 6.09. The van der Waals surface area contributed by atoms with E-state index in [2.05, 4.69) is 11.9 Å². The van der Waals surface area contributed by atoms with Gasteiger partial charge in [-0.15, -0.1) is 6.58 Å². The Kier molecular flexibility index (Phi) is 8.82. The zero-order chi connectivity index (χ0) is 33.2. The Balaban J connectivity index is 1.39. The van der Waals surface area contributed by atoms with E-state index in [1.807, 2.05) is 60.1 Å². The Morgan fingerprint density at radius 3 is 2.45 bits per heavy atom. The Morgan fingerprint density at radius 2 is 1.74 bits per heavy atom. The van der Waals surface area contributed by atoms with Crippen molar-refractivity contribution in [1.82, 2.24) is 29.7 Å². The number of hydrogen-bond donors (Lipinski definition) is 2. The second-order valence-corrected chi connectivity index (χ2v) is 12.0. The predicted octanol–water partition coefficient (Wildman–Crippen LogP) is 3.82. The Bertz CT molecular complexity index is 1840. The van der Waals surface area contributed by atoms with Crippen molar-refractivity contribution in [3.63, 3.8) is 0 Å². The minimum absolute atomic E-state index is 0.0495. The molecule has 2 aliphatic heterocycles. The van der Waals surface area contributed by atoms with Crippen LogP contribution in [0.3, 0.4) is 0 Å². The van der Waals surface area contributed by atoms with Crippen LogP contribution >= 0.6 is 0 Å². The van der Waals surface area contributed by atoms with Gasteiger partial charge in [0.05, 0.1) is 18.6 Å². The summed E-state index contributed by atoms with van der Waals surface area (Å²) in [7, 11) is 1.87. The molecule has 0 spiro atoms. The number of amides is 4. The molecule has 2 fully saturated rings. The maximum atomic E-state index is 14.4. The van der Waals surface area contributed by atoms with Crippen LogP contribution in [0.2, 0.25) is 0 Å². The van der Waals surface area contributed by atoms with Gasteiger partial charge >= 0.3 is 6.03 Å². The number of nitrogens with one attached hydrogen (secondary N) is 1. The lowest BCUT2D eigenvalue weighted by atomic mass is 9.98. The molecular weight excluding hydrogens is 596 g/mol. The van der Waals surface area contributed by atoms with Crippen molar-refractivity contribution in [3.05, 3.63) is 114 Å². The van der Waals surface area contributed by atoms with E-state index in [4.69, 9.17) is 0 Å². The first-order valence-electron chi connectivity index (χ1n) is 15.6. The zero-order valence-corrected chi connectivity index (χ0v) is 26.5. The fourth-order valence-corrected chi connectivity index (χ4v) is 6.72. The summed E-state index contributed by atoms with van der Waals surface area (Å²) >= 11 is 0. The molecule has 0 bridgehead atoms. The van der Waals surface area contributed by atoms with E-state index in [1.165, 1.54) is 6.92 Å². The number of aromatic nitrogens is 1. The van der Waals surface area contributed by atoms with Gasteiger partial charge in [-0.05, 0) is 35.7 Å². The van der Waals surface area contributed by atoms with E-state index >= 15 is 0 Å². The molecule has 0 saturated carbocycles. The summed E-state index contributed by atoms with van der Waals surface area (Å²) in [5.74, 6) is -0.468. The average Bonchev–Trinajstić information content (AvgIpc) is 3.41. The minimum atomic E-state index is -0.901. The zero-order valence-electron chi connectivity index (χ0n) is 26.5. The van der Waals surface area contributed by atoms with Crippen molar-refractivity contribution in [1.29, 1.82) is 0 Å². The second kappa shape index (κ2) is 13.1. The number of Topliss-reactive ketones (excluding diaryl/α,β-unsaturated/α-hetero) is 1. The smallest absolute Gasteiger partial charge is 0.334 e. The fraction of sp³-hybridized carbons (Fsp3) is 0.278. The van der Waals surface area contributed by atoms with Crippen LogP contribution in [0.1, 0.15) is 34.0 Å². The number of nitrogens with zero attached hydrogens (tertiary/aromatic N) is 5. The van der Waals surface area contributed by atoms with Gasteiger partial charge in [0.1, 0.15) is 18.0 Å². The average molecular weight is 635 g/mol. The predicted molar refractivity (Wildman–Crippen MR) is 177 cm³/mol. The van der Waals surface area contributed by atoms with Crippen molar-refractivity contribution >= 4 is 34.5 Å². The van der Waals surface area contributed by atoms with Crippen LogP contribution in [-0.2, 0) is 36.1 Å². The molecule has 2 unspecified atom stereocenters. The number of urea groups is 1. The molecule has 2 saturated heterocycles. The Labute approximate surface area is 273 Å². The highest BCUT2D eigenvalue weighted by atomic mass is 16.3. The second-order valence-electron chi connectivity index (χ2n) is 12.0. The molecule has 4 aromatic rings. The van der Waals surface area contributed by atoms with E-state index in [1.54, 1.807) is 56.4 Å². The van der Waals surface area contributed by atoms with Crippen LogP contribution in [0.5, 0.6) is 5.75 Å². The van der Waals surface area contributed by atoms with E-state index in [0.717, 1.165) is 27.6 Å². The van der Waals surface area contributed by atoms with Crippen LogP contribution in [-0.4, -0.2) is 85.0 Å². The topological polar surface area (TPSA) is 118 Å². The maximum absolute atomic E-state index is 14.4. The molecule has 242 valence electrons. The fourth-order valence-electron chi connectivity index (χ4n) is 6.72. The first kappa shape index (κ1) is 31.6. The van der Waals surface area contributed by atoms with Gasteiger partial charge in [0, 0.05) is 50.2 Å². The third-order valence-corrected chi connectivity index (χ3v) is 8.86. The van der Waals surface area contributed by atoms with E-state index in [9.17, 15) is 24.3 Å². The summed E-state index contributed by atoms with van der Waals surface area (Å²) in [4.78, 5) is 57.9. The molecule has 6 rings (SSSR count). The molecule has 0 aliphatic carbocycles. The van der Waals surface area contributed by atoms with Gasteiger partial charge in [0.25, 0.3) is 0 Å². The highest BCUT2D eigenvalue weighted by Gasteiger charge is 2.51. The third-order valence-electron chi connectivity index (χ3n) is 8.86. The van der Waals surface area contributed by atoms with Crippen LogP contribution in [0, 0.1) is 0 Å². The third kappa shape index (κ3) is 6.22. The minimum Gasteiger partial charge on any atom is -0.508 e. The van der Waals surface area contributed by atoms with Crippen molar-refractivity contribution in [3.8, 4) is 5.75 Å². The van der Waals surface area contributed by atoms with E-state index < -0.39 is 18.2 Å². The largest absolute Gasteiger partial charge is 0.508 e. The van der Waals surface area contributed by atoms with Crippen LogP contribution < -0.4 is 5.32 Å². The summed E-state index contributed by atoms with van der Waals surface area (Å²) < 4.78 is 1.90. The molecule has 1 aromatic heterocycles. The van der Waals surface area contributed by atoms with Gasteiger partial charge in [-0.3, -0.25) is 14.4 Å². The van der Waals surface area contributed by atoms with Crippen molar-refractivity contribution in [2.45, 2.75) is 38.6 Å². The molecule has 4 amide bonds. The number of hydrogen-bond acceptors (Lipinski definition) is 6. The molecule has 3 aromatic carbocycles. The quantitative estimate of drug-likeness (QED) is 0.214. The first-order valence-corrected chi connectivity index (χ1v) is 15.6. The van der Waals surface area contributed by atoms with Crippen LogP contribution in [0.4, 0.5) is 4.79 Å². The summed E-state index contributed by atoms with van der Waals surface area (Å²) in [6.07, 6.45) is 2.84. The number of benzene rings is 3. The van der Waals surface area contributed by atoms with Crippen molar-refractivity contribution in [2.24, 2.45) is 7.05 Å². The first-order chi connectivity index (χ1) is 22.7. The summed E-state index contributed by atoms with van der Waals surface area (Å²) in [5, 5.41) is 16.9. The lowest BCUT2D eigenvalue weighted by Gasteiger charge is -2.55. The number of ketones is 1. The normalized spacial score (nSPS) is 18.4. The number of para-hydroxylation sites is 1. The SMILES string of the molecule is C=CCN1CC(=O)N2C(Cc3ccc(O)cc3)C(=O)N(Cc3cccc4c(C(C)=O)cn(C)c34)CC2N1C(=O)NCc1ccccc1. The number of hydrazine groups is 1. The van der Waals surface area contributed by atoms with E-state index in [-0.39, 0.29) is 62.5 Å². The number of carbonyl (C=O) groups excluding carboxylic acids is 4.